The summed E-state index contributed by atoms with van der Waals surface area (Å²) in [5.74, 6) is -0.0152. The third-order valence-corrected chi connectivity index (χ3v) is 3.91. The van der Waals surface area contributed by atoms with E-state index in [2.05, 4.69) is 15.5 Å². The minimum Gasteiger partial charge on any atom is -0.431 e. The Balaban J connectivity index is 1.50. The van der Waals surface area contributed by atoms with Gasteiger partial charge in [0.1, 0.15) is 5.52 Å². The van der Waals surface area contributed by atoms with Gasteiger partial charge in [0.15, 0.2) is 5.58 Å². The number of nitrogens with one attached hydrogen (secondary N) is 1. The van der Waals surface area contributed by atoms with E-state index in [0.29, 0.717) is 10.8 Å². The van der Waals surface area contributed by atoms with E-state index in [1.807, 2.05) is 55.5 Å². The Kier molecular flexibility index (Phi) is 4.73. The number of benzene rings is 2. The van der Waals surface area contributed by atoms with Crippen molar-refractivity contribution in [3.63, 3.8) is 0 Å². The van der Waals surface area contributed by atoms with Crippen molar-refractivity contribution in [2.75, 3.05) is 5.75 Å². The molecule has 0 saturated heterocycles. The lowest BCUT2D eigenvalue weighted by Gasteiger charge is -1.97. The molecule has 1 amide bonds. The quantitative estimate of drug-likeness (QED) is 0.444. The monoisotopic (exact) mass is 325 g/mol. The maximum atomic E-state index is 11.8. The number of aryl methyl sites for hydroxylation is 1. The molecule has 6 heteroatoms. The zero-order valence-electron chi connectivity index (χ0n) is 12.5. The van der Waals surface area contributed by atoms with Gasteiger partial charge >= 0.3 is 0 Å². The number of para-hydroxylation sites is 2. The summed E-state index contributed by atoms with van der Waals surface area (Å²) in [7, 11) is 0. The highest BCUT2D eigenvalue weighted by Gasteiger charge is 2.08. The summed E-state index contributed by atoms with van der Waals surface area (Å²) in [5, 5.41) is 4.41. The van der Waals surface area contributed by atoms with Crippen molar-refractivity contribution in [3.8, 4) is 0 Å². The summed E-state index contributed by atoms with van der Waals surface area (Å²) in [4.78, 5) is 16.1. The first-order valence-electron chi connectivity index (χ1n) is 7.08. The second kappa shape index (κ2) is 7.11. The molecule has 0 aliphatic heterocycles. The predicted molar refractivity (Wildman–Crippen MR) is 91.6 cm³/mol. The first-order chi connectivity index (χ1) is 11.2. The number of aromatic nitrogens is 1. The van der Waals surface area contributed by atoms with Crippen LogP contribution in [0, 0.1) is 6.92 Å². The maximum absolute atomic E-state index is 11.8. The average Bonchev–Trinajstić information content (AvgIpc) is 2.98. The van der Waals surface area contributed by atoms with Gasteiger partial charge in [-0.25, -0.2) is 10.4 Å². The number of hydrogen-bond acceptors (Lipinski definition) is 5. The van der Waals surface area contributed by atoms with Crippen LogP contribution in [-0.4, -0.2) is 22.9 Å². The zero-order chi connectivity index (χ0) is 16.1. The van der Waals surface area contributed by atoms with Crippen LogP contribution >= 0.6 is 11.8 Å². The molecule has 0 radical (unpaired) electrons. The smallest absolute Gasteiger partial charge is 0.257 e. The van der Waals surface area contributed by atoms with Crippen LogP contribution in [0.25, 0.3) is 11.1 Å². The number of oxazole rings is 1. The third-order valence-electron chi connectivity index (χ3n) is 3.08. The van der Waals surface area contributed by atoms with Crippen molar-refractivity contribution >= 4 is 35.0 Å². The molecule has 0 spiro atoms. The van der Waals surface area contributed by atoms with Crippen LogP contribution in [0.4, 0.5) is 0 Å². The molecule has 0 bridgehead atoms. The Morgan fingerprint density at radius 1 is 1.26 bits per heavy atom. The van der Waals surface area contributed by atoms with Gasteiger partial charge in [-0.1, -0.05) is 53.7 Å². The van der Waals surface area contributed by atoms with Gasteiger partial charge in [0.2, 0.25) is 0 Å². The van der Waals surface area contributed by atoms with Gasteiger partial charge in [-0.2, -0.15) is 5.10 Å². The number of carbonyl (C=O) groups excluding carboxylic acids is 1. The summed E-state index contributed by atoms with van der Waals surface area (Å²) in [6.45, 7) is 2.02. The Bertz CT molecular complexity index is 807. The molecule has 0 aliphatic carbocycles. The van der Waals surface area contributed by atoms with Crippen molar-refractivity contribution < 1.29 is 9.21 Å². The molecule has 0 fully saturated rings. The van der Waals surface area contributed by atoms with Crippen LogP contribution in [0.1, 0.15) is 11.1 Å². The Labute approximate surface area is 137 Å². The molecule has 3 rings (SSSR count). The lowest BCUT2D eigenvalue weighted by atomic mass is 10.2. The molecule has 3 aromatic rings. The van der Waals surface area contributed by atoms with E-state index in [9.17, 15) is 4.79 Å². The molecule has 1 N–H and O–H groups in total. The number of carbonyl (C=O) groups is 1. The summed E-state index contributed by atoms with van der Waals surface area (Å²) in [6, 6.07) is 15.4. The minimum atomic E-state index is -0.208. The summed E-state index contributed by atoms with van der Waals surface area (Å²) in [6.07, 6.45) is 1.61. The average molecular weight is 325 g/mol. The van der Waals surface area contributed by atoms with Crippen molar-refractivity contribution in [3.05, 3.63) is 59.7 Å². The van der Waals surface area contributed by atoms with Gasteiger partial charge in [-0.3, -0.25) is 4.79 Å². The predicted octanol–water partition coefficient (Wildman–Crippen LogP) is 3.38. The normalized spacial score (nSPS) is 11.2. The van der Waals surface area contributed by atoms with Crippen molar-refractivity contribution in [2.24, 2.45) is 5.10 Å². The number of rotatable bonds is 5. The van der Waals surface area contributed by atoms with Gasteiger partial charge in [0, 0.05) is 0 Å². The lowest BCUT2D eigenvalue weighted by molar-refractivity contribution is -0.118. The molecule has 0 unspecified atom stereocenters. The molecule has 5 nitrogen and oxygen atoms in total. The highest BCUT2D eigenvalue weighted by molar-refractivity contribution is 7.99. The highest BCUT2D eigenvalue weighted by Crippen LogP contribution is 2.22. The fourth-order valence-electron chi connectivity index (χ4n) is 1.90. The van der Waals surface area contributed by atoms with Crippen LogP contribution < -0.4 is 5.43 Å². The van der Waals surface area contributed by atoms with E-state index >= 15 is 0 Å². The molecule has 0 atom stereocenters. The molecule has 23 heavy (non-hydrogen) atoms. The van der Waals surface area contributed by atoms with Crippen LogP contribution in [0.15, 0.2) is 63.3 Å². The SMILES string of the molecule is Cc1ccc(/C=N\NC(=O)CSc2nc3ccccc3o2)cc1. The third kappa shape index (κ3) is 4.20. The van der Waals surface area contributed by atoms with Crippen molar-refractivity contribution in [1.29, 1.82) is 0 Å². The number of nitrogens with zero attached hydrogens (tertiary/aromatic N) is 2. The highest BCUT2D eigenvalue weighted by atomic mass is 32.2. The fourth-order valence-corrected chi connectivity index (χ4v) is 2.53. The van der Waals surface area contributed by atoms with Crippen LogP contribution in [0.3, 0.4) is 0 Å². The molecule has 1 heterocycles. The summed E-state index contributed by atoms with van der Waals surface area (Å²) >= 11 is 1.24. The molecule has 1 aromatic heterocycles. The number of hydrogen-bond donors (Lipinski definition) is 1. The maximum Gasteiger partial charge on any atom is 0.257 e. The van der Waals surface area contributed by atoms with Gasteiger partial charge < -0.3 is 4.42 Å². The van der Waals surface area contributed by atoms with E-state index < -0.39 is 0 Å². The number of thioether (sulfide) groups is 1. The van der Waals surface area contributed by atoms with Gasteiger partial charge in [-0.15, -0.1) is 0 Å². The summed E-state index contributed by atoms with van der Waals surface area (Å²) < 4.78 is 5.54. The molecule has 2 aromatic carbocycles. The standard InChI is InChI=1S/C17H15N3O2S/c1-12-6-8-13(9-7-12)10-18-20-16(21)11-23-17-19-14-4-2-3-5-15(14)22-17/h2-10H,11H2,1H3,(H,20,21)/b18-10-. The van der Waals surface area contributed by atoms with Crippen LogP contribution in [0.5, 0.6) is 0 Å². The van der Waals surface area contributed by atoms with Crippen LogP contribution in [0.2, 0.25) is 0 Å². The first kappa shape index (κ1) is 15.3. The Morgan fingerprint density at radius 3 is 2.83 bits per heavy atom. The molecule has 0 saturated carbocycles. The zero-order valence-corrected chi connectivity index (χ0v) is 13.3. The van der Waals surface area contributed by atoms with Crippen LogP contribution in [-0.2, 0) is 4.79 Å². The van der Waals surface area contributed by atoms with Crippen molar-refractivity contribution in [2.45, 2.75) is 12.1 Å². The lowest BCUT2D eigenvalue weighted by Crippen LogP contribution is -2.19. The molecule has 116 valence electrons. The number of hydrazone groups is 1. The van der Waals surface area contributed by atoms with E-state index in [1.165, 1.54) is 17.3 Å². The van der Waals surface area contributed by atoms with Gasteiger partial charge in [0.05, 0.1) is 12.0 Å². The van der Waals surface area contributed by atoms with Crippen molar-refractivity contribution in [1.82, 2.24) is 10.4 Å². The molecule has 0 aliphatic rings. The first-order valence-corrected chi connectivity index (χ1v) is 8.06. The largest absolute Gasteiger partial charge is 0.431 e. The molecular formula is C17H15N3O2S. The Morgan fingerprint density at radius 2 is 2.04 bits per heavy atom. The number of amides is 1. The Hall–Kier alpha value is -2.60. The van der Waals surface area contributed by atoms with Gasteiger partial charge in [-0.05, 0) is 24.6 Å². The minimum absolute atomic E-state index is 0.193. The van der Waals surface area contributed by atoms with E-state index in [0.717, 1.165) is 11.1 Å². The topological polar surface area (TPSA) is 67.5 Å². The van der Waals surface area contributed by atoms with E-state index in [-0.39, 0.29) is 11.7 Å². The summed E-state index contributed by atoms with van der Waals surface area (Å²) in [5.41, 5.74) is 6.10. The van der Waals surface area contributed by atoms with E-state index in [4.69, 9.17) is 4.42 Å². The number of fused-ring (bicyclic) bond motifs is 1. The van der Waals surface area contributed by atoms with E-state index in [1.54, 1.807) is 6.21 Å². The fraction of sp³-hybridized carbons (Fsp3) is 0.118. The second-order valence-electron chi connectivity index (χ2n) is 4.94. The molecular weight excluding hydrogens is 310 g/mol. The van der Waals surface area contributed by atoms with Gasteiger partial charge in [0.25, 0.3) is 11.1 Å². The second-order valence-corrected chi connectivity index (χ2v) is 5.87.